The molecule has 0 fully saturated rings. The van der Waals surface area contributed by atoms with E-state index in [9.17, 15) is 4.79 Å². The van der Waals surface area contributed by atoms with Crippen LogP contribution in [0.4, 0.5) is 0 Å². The summed E-state index contributed by atoms with van der Waals surface area (Å²) in [6.07, 6.45) is 1.64. The van der Waals surface area contributed by atoms with Crippen LogP contribution in [0.1, 0.15) is 29.8 Å². The van der Waals surface area contributed by atoms with Crippen LogP contribution >= 0.6 is 0 Å². The van der Waals surface area contributed by atoms with Gasteiger partial charge >= 0.3 is 0 Å². The van der Waals surface area contributed by atoms with Gasteiger partial charge in [0.2, 0.25) is 0 Å². The molecule has 1 amide bonds. The molecule has 1 aliphatic rings. The van der Waals surface area contributed by atoms with Gasteiger partial charge in [-0.2, -0.15) is 0 Å². The summed E-state index contributed by atoms with van der Waals surface area (Å²) in [5.41, 5.74) is 2.76. The topological polar surface area (TPSA) is 42.2 Å². The maximum Gasteiger partial charge on any atom is 0.251 e. The summed E-state index contributed by atoms with van der Waals surface area (Å²) in [6.45, 7) is 4.95. The number of amides is 1. The van der Waals surface area contributed by atoms with Crippen molar-refractivity contribution in [3.8, 4) is 11.3 Å². The fourth-order valence-corrected chi connectivity index (χ4v) is 2.41. The van der Waals surface area contributed by atoms with Crippen molar-refractivity contribution in [2.45, 2.75) is 19.3 Å². The Balaban J connectivity index is 2.15. The molecule has 92 valence electrons. The second-order valence-corrected chi connectivity index (χ2v) is 5.30. The van der Waals surface area contributed by atoms with E-state index >= 15 is 0 Å². The number of furan rings is 1. The van der Waals surface area contributed by atoms with Crippen molar-refractivity contribution >= 4 is 5.91 Å². The van der Waals surface area contributed by atoms with Crippen molar-refractivity contribution in [3.05, 3.63) is 47.7 Å². The van der Waals surface area contributed by atoms with Gasteiger partial charge in [0.25, 0.3) is 5.91 Å². The smallest absolute Gasteiger partial charge is 0.251 e. The molecule has 0 aliphatic carbocycles. The van der Waals surface area contributed by atoms with Gasteiger partial charge in [0.05, 0.1) is 6.26 Å². The molecule has 0 radical (unpaired) electrons. The highest BCUT2D eigenvalue weighted by molar-refractivity contribution is 5.98. The van der Waals surface area contributed by atoms with Crippen molar-refractivity contribution in [3.63, 3.8) is 0 Å². The number of hydrogen-bond acceptors (Lipinski definition) is 2. The highest BCUT2D eigenvalue weighted by Gasteiger charge is 2.31. The summed E-state index contributed by atoms with van der Waals surface area (Å²) >= 11 is 0. The zero-order valence-electron chi connectivity index (χ0n) is 10.5. The molecular formula is C15H15NO2. The molecule has 0 unspecified atom stereocenters. The van der Waals surface area contributed by atoms with Crippen molar-refractivity contribution in [2.75, 3.05) is 6.54 Å². The standard InChI is InChI=1S/C15H15NO2/c1-15(2)9-16-14(17)11-8-10(5-6-12(11)15)13-4-3-7-18-13/h3-8H,9H2,1-2H3,(H,16,17). The first-order chi connectivity index (χ1) is 8.58. The number of fused-ring (bicyclic) bond motifs is 1. The molecule has 3 rings (SSSR count). The van der Waals surface area contributed by atoms with Gasteiger partial charge in [0.15, 0.2) is 0 Å². The van der Waals surface area contributed by atoms with Gasteiger partial charge in [0.1, 0.15) is 5.76 Å². The molecule has 0 atom stereocenters. The van der Waals surface area contributed by atoms with Gasteiger partial charge in [-0.15, -0.1) is 0 Å². The van der Waals surface area contributed by atoms with Crippen LogP contribution in [-0.4, -0.2) is 12.5 Å². The predicted molar refractivity (Wildman–Crippen MR) is 69.5 cm³/mol. The van der Waals surface area contributed by atoms with Gasteiger partial charge in [-0.05, 0) is 23.8 Å². The first-order valence-electron chi connectivity index (χ1n) is 6.04. The fraction of sp³-hybridized carbons (Fsp3) is 0.267. The van der Waals surface area contributed by atoms with Crippen LogP contribution in [0, 0.1) is 0 Å². The Hall–Kier alpha value is -2.03. The van der Waals surface area contributed by atoms with E-state index in [0.717, 1.165) is 22.5 Å². The average Bonchev–Trinajstić information content (AvgIpc) is 2.88. The van der Waals surface area contributed by atoms with Crippen LogP contribution in [0.3, 0.4) is 0 Å². The second-order valence-electron chi connectivity index (χ2n) is 5.30. The molecule has 2 aromatic rings. The normalized spacial score (nSPS) is 17.1. The van der Waals surface area contributed by atoms with Crippen LogP contribution < -0.4 is 5.32 Å². The Bertz CT molecular complexity index is 597. The third-order valence-electron chi connectivity index (χ3n) is 3.49. The zero-order chi connectivity index (χ0) is 12.8. The van der Waals surface area contributed by atoms with Crippen molar-refractivity contribution in [1.29, 1.82) is 0 Å². The van der Waals surface area contributed by atoms with Crippen LogP contribution in [0.5, 0.6) is 0 Å². The van der Waals surface area contributed by atoms with Gasteiger partial charge in [-0.25, -0.2) is 0 Å². The monoisotopic (exact) mass is 241 g/mol. The Morgan fingerprint density at radius 3 is 2.83 bits per heavy atom. The highest BCUT2D eigenvalue weighted by atomic mass is 16.3. The van der Waals surface area contributed by atoms with Crippen LogP contribution in [-0.2, 0) is 5.41 Å². The molecule has 18 heavy (non-hydrogen) atoms. The van der Waals surface area contributed by atoms with E-state index in [1.165, 1.54) is 0 Å². The minimum atomic E-state index is -0.0229. The average molecular weight is 241 g/mol. The van der Waals surface area contributed by atoms with Gasteiger partial charge < -0.3 is 9.73 Å². The molecule has 1 aromatic heterocycles. The lowest BCUT2D eigenvalue weighted by molar-refractivity contribution is 0.0930. The van der Waals surface area contributed by atoms with E-state index in [1.807, 2.05) is 30.3 Å². The number of nitrogens with one attached hydrogen (secondary N) is 1. The van der Waals surface area contributed by atoms with Gasteiger partial charge in [0, 0.05) is 23.1 Å². The van der Waals surface area contributed by atoms with Gasteiger partial charge in [-0.1, -0.05) is 26.0 Å². The molecule has 0 bridgehead atoms. The highest BCUT2D eigenvalue weighted by Crippen LogP contribution is 2.32. The summed E-state index contributed by atoms with van der Waals surface area (Å²) < 4.78 is 5.37. The molecule has 1 N–H and O–H groups in total. The summed E-state index contributed by atoms with van der Waals surface area (Å²) in [5, 5.41) is 2.93. The van der Waals surface area contributed by atoms with Crippen molar-refractivity contribution in [1.82, 2.24) is 5.32 Å². The fourth-order valence-electron chi connectivity index (χ4n) is 2.41. The SMILES string of the molecule is CC1(C)CNC(=O)c2cc(-c3ccco3)ccc21. The Kier molecular flexibility index (Phi) is 2.30. The Labute approximate surface area is 106 Å². The zero-order valence-corrected chi connectivity index (χ0v) is 10.5. The van der Waals surface area contributed by atoms with E-state index in [1.54, 1.807) is 6.26 Å². The lowest BCUT2D eigenvalue weighted by Crippen LogP contribution is -2.43. The van der Waals surface area contributed by atoms with Crippen LogP contribution in [0.2, 0.25) is 0 Å². The lowest BCUT2D eigenvalue weighted by Gasteiger charge is -2.32. The van der Waals surface area contributed by atoms with Crippen LogP contribution in [0.15, 0.2) is 41.0 Å². The third kappa shape index (κ3) is 1.63. The first-order valence-corrected chi connectivity index (χ1v) is 6.04. The summed E-state index contributed by atoms with van der Waals surface area (Å²) in [4.78, 5) is 12.0. The molecular weight excluding hydrogens is 226 g/mol. The summed E-state index contributed by atoms with van der Waals surface area (Å²) in [5.74, 6) is 0.784. The Morgan fingerprint density at radius 1 is 1.28 bits per heavy atom. The number of rotatable bonds is 1. The minimum absolute atomic E-state index is 0.00210. The van der Waals surface area contributed by atoms with Crippen molar-refractivity contribution in [2.24, 2.45) is 0 Å². The Morgan fingerprint density at radius 2 is 2.11 bits per heavy atom. The number of benzene rings is 1. The predicted octanol–water partition coefficient (Wildman–Crippen LogP) is 2.97. The first kappa shape index (κ1) is 11.1. The third-order valence-corrected chi connectivity index (χ3v) is 3.49. The number of carbonyl (C=O) groups excluding carboxylic acids is 1. The minimum Gasteiger partial charge on any atom is -0.464 e. The maximum absolute atomic E-state index is 12.0. The maximum atomic E-state index is 12.0. The van der Waals surface area contributed by atoms with E-state index in [2.05, 4.69) is 19.2 Å². The summed E-state index contributed by atoms with van der Waals surface area (Å²) in [6, 6.07) is 9.70. The van der Waals surface area contributed by atoms with E-state index in [4.69, 9.17) is 4.42 Å². The number of carbonyl (C=O) groups is 1. The van der Waals surface area contributed by atoms with E-state index in [-0.39, 0.29) is 11.3 Å². The van der Waals surface area contributed by atoms with Gasteiger partial charge in [-0.3, -0.25) is 4.79 Å². The molecule has 0 saturated carbocycles. The molecule has 3 heteroatoms. The molecule has 0 spiro atoms. The lowest BCUT2D eigenvalue weighted by atomic mass is 9.78. The molecule has 3 nitrogen and oxygen atoms in total. The summed E-state index contributed by atoms with van der Waals surface area (Å²) in [7, 11) is 0. The molecule has 1 aromatic carbocycles. The second kappa shape index (κ2) is 3.73. The van der Waals surface area contributed by atoms with Crippen molar-refractivity contribution < 1.29 is 9.21 Å². The number of hydrogen-bond donors (Lipinski definition) is 1. The molecule has 2 heterocycles. The molecule has 0 saturated heterocycles. The van der Waals surface area contributed by atoms with E-state index < -0.39 is 0 Å². The molecule has 1 aliphatic heterocycles. The van der Waals surface area contributed by atoms with E-state index in [0.29, 0.717) is 6.54 Å². The quantitative estimate of drug-likeness (QED) is 0.834. The largest absolute Gasteiger partial charge is 0.464 e. The van der Waals surface area contributed by atoms with Crippen LogP contribution in [0.25, 0.3) is 11.3 Å².